The lowest BCUT2D eigenvalue weighted by molar-refractivity contribution is -0.143. The second kappa shape index (κ2) is 5.07. The van der Waals surface area contributed by atoms with E-state index in [0.717, 1.165) is 11.3 Å². The van der Waals surface area contributed by atoms with Gasteiger partial charge in [0.05, 0.1) is 18.3 Å². The summed E-state index contributed by atoms with van der Waals surface area (Å²) in [5.41, 5.74) is 0.115. The van der Waals surface area contributed by atoms with Crippen molar-refractivity contribution < 1.29 is 14.6 Å². The first-order valence-corrected chi connectivity index (χ1v) is 6.26. The molecule has 94 valence electrons. The number of rotatable bonds is 5. The fraction of sp³-hybridized carbons (Fsp3) is 0.571. The first-order chi connectivity index (χ1) is 8.19. The lowest BCUT2D eigenvalue weighted by Crippen LogP contribution is -2.46. The maximum Gasteiger partial charge on any atom is 0.125 e. The van der Waals surface area contributed by atoms with Gasteiger partial charge >= 0.3 is 0 Å². The lowest BCUT2D eigenvalue weighted by Gasteiger charge is -2.44. The third-order valence-corrected chi connectivity index (χ3v) is 3.22. The van der Waals surface area contributed by atoms with Gasteiger partial charge < -0.3 is 14.6 Å². The molecule has 1 saturated carbocycles. The van der Waals surface area contributed by atoms with Crippen LogP contribution in [0.25, 0.3) is 0 Å². The van der Waals surface area contributed by atoms with Crippen LogP contribution >= 0.6 is 0 Å². The predicted molar refractivity (Wildman–Crippen MR) is 66.2 cm³/mol. The van der Waals surface area contributed by atoms with Crippen LogP contribution in [0, 0.1) is 0 Å². The monoisotopic (exact) mass is 236 g/mol. The molecule has 0 aliphatic heterocycles. The number of hydrogen-bond acceptors (Lipinski definition) is 3. The quantitative estimate of drug-likeness (QED) is 0.853. The Morgan fingerprint density at radius 1 is 1.24 bits per heavy atom. The van der Waals surface area contributed by atoms with Crippen molar-refractivity contribution in [2.24, 2.45) is 0 Å². The smallest absolute Gasteiger partial charge is 0.125 e. The van der Waals surface area contributed by atoms with Crippen molar-refractivity contribution in [1.29, 1.82) is 0 Å². The van der Waals surface area contributed by atoms with Gasteiger partial charge in [0.2, 0.25) is 0 Å². The molecule has 17 heavy (non-hydrogen) atoms. The molecule has 0 radical (unpaired) electrons. The predicted octanol–water partition coefficient (Wildman–Crippen LogP) is 2.47. The zero-order valence-electron chi connectivity index (χ0n) is 10.5. The average Bonchev–Trinajstić information content (AvgIpc) is 2.28. The van der Waals surface area contributed by atoms with Gasteiger partial charge in [-0.2, -0.15) is 0 Å². The van der Waals surface area contributed by atoms with Crippen molar-refractivity contribution in [3.05, 3.63) is 29.8 Å². The largest absolute Gasteiger partial charge is 0.493 e. The molecule has 2 rings (SSSR count). The van der Waals surface area contributed by atoms with Crippen molar-refractivity contribution >= 4 is 0 Å². The van der Waals surface area contributed by atoms with Crippen LogP contribution in [0.2, 0.25) is 0 Å². The van der Waals surface area contributed by atoms with E-state index in [1.807, 2.05) is 38.1 Å². The van der Waals surface area contributed by atoms with Crippen LogP contribution in [0.15, 0.2) is 24.3 Å². The topological polar surface area (TPSA) is 38.7 Å². The Hall–Kier alpha value is -1.06. The third-order valence-electron chi connectivity index (χ3n) is 3.22. The van der Waals surface area contributed by atoms with Crippen molar-refractivity contribution in [2.45, 2.75) is 38.4 Å². The summed E-state index contributed by atoms with van der Waals surface area (Å²) in [7, 11) is 0. The molecule has 3 heteroatoms. The van der Waals surface area contributed by atoms with Crippen LogP contribution in [-0.2, 0) is 10.3 Å². The van der Waals surface area contributed by atoms with Gasteiger partial charge in [-0.3, -0.25) is 0 Å². The highest BCUT2D eigenvalue weighted by atomic mass is 16.5. The van der Waals surface area contributed by atoms with Crippen LogP contribution in [0.4, 0.5) is 0 Å². The summed E-state index contributed by atoms with van der Waals surface area (Å²) < 4.78 is 11.0. The molecule has 1 aliphatic rings. The highest BCUT2D eigenvalue weighted by Gasteiger charge is 2.46. The summed E-state index contributed by atoms with van der Waals surface area (Å²) in [4.78, 5) is 0. The van der Waals surface area contributed by atoms with Crippen LogP contribution in [0.1, 0.15) is 32.3 Å². The van der Waals surface area contributed by atoms with Gasteiger partial charge in [0, 0.05) is 25.0 Å². The molecule has 0 saturated heterocycles. The molecular weight excluding hydrogens is 216 g/mol. The fourth-order valence-electron chi connectivity index (χ4n) is 2.40. The Morgan fingerprint density at radius 3 is 2.59 bits per heavy atom. The van der Waals surface area contributed by atoms with Crippen LogP contribution in [-0.4, -0.2) is 24.4 Å². The van der Waals surface area contributed by atoms with E-state index in [2.05, 4.69) is 0 Å². The molecule has 0 amide bonds. The first kappa shape index (κ1) is 12.4. The van der Waals surface area contributed by atoms with Gasteiger partial charge in [-0.05, 0) is 19.9 Å². The molecule has 0 heterocycles. The van der Waals surface area contributed by atoms with E-state index in [1.54, 1.807) is 0 Å². The summed E-state index contributed by atoms with van der Waals surface area (Å²) in [5, 5.41) is 10.5. The molecule has 1 aromatic rings. The van der Waals surface area contributed by atoms with Gasteiger partial charge in [0.1, 0.15) is 5.75 Å². The van der Waals surface area contributed by atoms with E-state index >= 15 is 0 Å². The number of hydrogen-bond donors (Lipinski definition) is 1. The Kier molecular flexibility index (Phi) is 3.69. The van der Waals surface area contributed by atoms with Gasteiger partial charge in [-0.15, -0.1) is 0 Å². The minimum absolute atomic E-state index is 0.180. The molecule has 1 aromatic carbocycles. The molecule has 1 fully saturated rings. The first-order valence-electron chi connectivity index (χ1n) is 6.26. The standard InChI is InChI=1S/C14H20O3/c1-3-16-11-9-14(15,10-11)12-7-5-6-8-13(12)17-4-2/h5-8,11,15H,3-4,9-10H2,1-2H3. The highest BCUT2D eigenvalue weighted by Crippen LogP contribution is 2.46. The van der Waals surface area contributed by atoms with Crippen LogP contribution < -0.4 is 4.74 Å². The summed E-state index contributed by atoms with van der Waals surface area (Å²) in [6, 6.07) is 7.71. The number of aliphatic hydroxyl groups is 1. The van der Waals surface area contributed by atoms with E-state index < -0.39 is 5.60 Å². The van der Waals surface area contributed by atoms with Crippen molar-refractivity contribution in [1.82, 2.24) is 0 Å². The molecule has 0 unspecified atom stereocenters. The zero-order chi connectivity index (χ0) is 12.3. The maximum atomic E-state index is 10.5. The van der Waals surface area contributed by atoms with Crippen molar-refractivity contribution in [2.75, 3.05) is 13.2 Å². The lowest BCUT2D eigenvalue weighted by atomic mass is 9.72. The Labute approximate surface area is 102 Å². The van der Waals surface area contributed by atoms with E-state index in [9.17, 15) is 5.11 Å². The summed E-state index contributed by atoms with van der Waals surface area (Å²) in [6.07, 6.45) is 1.50. The van der Waals surface area contributed by atoms with E-state index in [4.69, 9.17) is 9.47 Å². The summed E-state index contributed by atoms with van der Waals surface area (Å²) >= 11 is 0. The third kappa shape index (κ3) is 2.45. The Balaban J connectivity index is 2.12. The Morgan fingerprint density at radius 2 is 1.94 bits per heavy atom. The van der Waals surface area contributed by atoms with Crippen molar-refractivity contribution in [3.63, 3.8) is 0 Å². The number of para-hydroxylation sites is 1. The van der Waals surface area contributed by atoms with Crippen LogP contribution in [0.5, 0.6) is 5.75 Å². The minimum atomic E-state index is -0.772. The van der Waals surface area contributed by atoms with Gasteiger partial charge in [0.15, 0.2) is 0 Å². The zero-order valence-corrected chi connectivity index (χ0v) is 10.5. The SMILES string of the molecule is CCOc1ccccc1C1(O)CC(OCC)C1. The second-order valence-corrected chi connectivity index (χ2v) is 4.45. The van der Waals surface area contributed by atoms with Gasteiger partial charge in [-0.25, -0.2) is 0 Å². The molecule has 0 bridgehead atoms. The fourth-order valence-corrected chi connectivity index (χ4v) is 2.40. The molecular formula is C14H20O3. The van der Waals surface area contributed by atoms with Crippen molar-refractivity contribution in [3.8, 4) is 5.75 Å². The van der Waals surface area contributed by atoms with E-state index in [0.29, 0.717) is 26.1 Å². The Bertz CT molecular complexity index is 369. The highest BCUT2D eigenvalue weighted by molar-refractivity contribution is 5.39. The van der Waals surface area contributed by atoms with E-state index in [-0.39, 0.29) is 6.10 Å². The number of benzene rings is 1. The maximum absolute atomic E-state index is 10.5. The summed E-state index contributed by atoms with van der Waals surface area (Å²) in [5.74, 6) is 0.785. The molecule has 0 atom stereocenters. The number of ether oxygens (including phenoxy) is 2. The van der Waals surface area contributed by atoms with Gasteiger partial charge in [0.25, 0.3) is 0 Å². The second-order valence-electron chi connectivity index (χ2n) is 4.45. The van der Waals surface area contributed by atoms with Crippen LogP contribution in [0.3, 0.4) is 0 Å². The minimum Gasteiger partial charge on any atom is -0.493 e. The molecule has 0 aromatic heterocycles. The molecule has 1 N–H and O–H groups in total. The normalized spacial score (nSPS) is 27.6. The van der Waals surface area contributed by atoms with E-state index in [1.165, 1.54) is 0 Å². The summed E-state index contributed by atoms with van der Waals surface area (Å²) in [6.45, 7) is 5.24. The molecule has 1 aliphatic carbocycles. The van der Waals surface area contributed by atoms with Gasteiger partial charge in [-0.1, -0.05) is 18.2 Å². The molecule has 3 nitrogen and oxygen atoms in total. The average molecular weight is 236 g/mol. The molecule has 0 spiro atoms.